The molecular formula is C17H20ClNO3S. The monoisotopic (exact) mass is 353 g/mol. The van der Waals surface area contributed by atoms with Crippen LogP contribution in [0.5, 0.6) is 11.5 Å². The molecule has 4 nitrogen and oxygen atoms in total. The lowest BCUT2D eigenvalue weighted by molar-refractivity contribution is 0.0940. The number of hydrogen-bond acceptors (Lipinski definition) is 4. The molecule has 23 heavy (non-hydrogen) atoms. The molecule has 0 bridgehead atoms. The molecule has 0 saturated heterocycles. The molecule has 1 aromatic carbocycles. The topological polar surface area (TPSA) is 47.6 Å². The van der Waals surface area contributed by atoms with Crippen molar-refractivity contribution in [3.8, 4) is 11.5 Å². The van der Waals surface area contributed by atoms with Gasteiger partial charge in [-0.05, 0) is 37.4 Å². The summed E-state index contributed by atoms with van der Waals surface area (Å²) < 4.78 is 10.7. The summed E-state index contributed by atoms with van der Waals surface area (Å²) in [6, 6.07) is 7.33. The molecule has 0 fully saturated rings. The average Bonchev–Trinajstić information content (AvgIpc) is 3.01. The van der Waals surface area contributed by atoms with Crippen LogP contribution in [0.15, 0.2) is 29.6 Å². The molecule has 2 rings (SSSR count). The van der Waals surface area contributed by atoms with Crippen LogP contribution >= 0.6 is 22.9 Å². The third kappa shape index (κ3) is 4.62. The van der Waals surface area contributed by atoms with Gasteiger partial charge in [-0.3, -0.25) is 4.79 Å². The van der Waals surface area contributed by atoms with Crippen LogP contribution in [-0.4, -0.2) is 25.7 Å². The van der Waals surface area contributed by atoms with Crippen molar-refractivity contribution in [2.24, 2.45) is 0 Å². The number of carbonyl (C=O) groups excluding carboxylic acids is 1. The van der Waals surface area contributed by atoms with Crippen LogP contribution in [0.2, 0.25) is 5.02 Å². The molecule has 1 heterocycles. The molecule has 1 atom stereocenters. The van der Waals surface area contributed by atoms with Crippen LogP contribution in [0.1, 0.15) is 29.1 Å². The Morgan fingerprint density at radius 3 is 2.83 bits per heavy atom. The van der Waals surface area contributed by atoms with Gasteiger partial charge in [0.15, 0.2) is 11.5 Å². The van der Waals surface area contributed by atoms with E-state index in [1.54, 1.807) is 23.5 Å². The highest BCUT2D eigenvalue weighted by Crippen LogP contribution is 2.36. The van der Waals surface area contributed by atoms with Crippen molar-refractivity contribution in [2.45, 2.75) is 26.3 Å². The van der Waals surface area contributed by atoms with Crippen LogP contribution in [0.4, 0.5) is 0 Å². The number of thiophene rings is 1. The summed E-state index contributed by atoms with van der Waals surface area (Å²) in [6.45, 7) is 4.31. The summed E-state index contributed by atoms with van der Waals surface area (Å²) in [5.74, 6) is 0.729. The third-order valence-corrected chi connectivity index (χ3v) is 4.42. The fourth-order valence-corrected chi connectivity index (χ4v) is 3.32. The number of ether oxygens (including phenoxy) is 2. The molecule has 124 valence electrons. The second-order valence-electron chi connectivity index (χ2n) is 5.08. The molecule has 0 aliphatic carbocycles. The van der Waals surface area contributed by atoms with E-state index in [1.165, 1.54) is 12.0 Å². The summed E-state index contributed by atoms with van der Waals surface area (Å²) in [5.41, 5.74) is 0.452. The lowest BCUT2D eigenvalue weighted by atomic mass is 10.1. The maximum atomic E-state index is 12.4. The van der Waals surface area contributed by atoms with Crippen molar-refractivity contribution in [3.05, 3.63) is 45.1 Å². The minimum atomic E-state index is -0.183. The van der Waals surface area contributed by atoms with Gasteiger partial charge in [0.25, 0.3) is 5.91 Å². The molecule has 1 aromatic heterocycles. The standard InChI is InChI=1S/C17H20ClNO3S/c1-4-22-16-14(18)9-12(10-15(16)21-3)17(20)19-11(2)8-13-6-5-7-23-13/h5-7,9-11H,4,8H2,1-3H3,(H,19,20). The second kappa shape index (κ2) is 8.22. The predicted molar refractivity (Wildman–Crippen MR) is 94.1 cm³/mol. The van der Waals surface area contributed by atoms with Crippen LogP contribution < -0.4 is 14.8 Å². The van der Waals surface area contributed by atoms with Gasteiger partial charge in [0.05, 0.1) is 18.7 Å². The zero-order valence-corrected chi connectivity index (χ0v) is 15.0. The van der Waals surface area contributed by atoms with Gasteiger partial charge >= 0.3 is 0 Å². The summed E-state index contributed by atoms with van der Waals surface area (Å²) in [7, 11) is 1.52. The Kier molecular flexibility index (Phi) is 6.30. The maximum Gasteiger partial charge on any atom is 0.251 e. The molecule has 1 unspecified atom stereocenters. The molecule has 0 spiro atoms. The van der Waals surface area contributed by atoms with Crippen molar-refractivity contribution in [1.29, 1.82) is 0 Å². The molecular weight excluding hydrogens is 334 g/mol. The Hall–Kier alpha value is -1.72. The number of carbonyl (C=O) groups is 1. The number of amides is 1. The van der Waals surface area contributed by atoms with E-state index < -0.39 is 0 Å². The van der Waals surface area contributed by atoms with Gasteiger partial charge in [-0.1, -0.05) is 17.7 Å². The zero-order chi connectivity index (χ0) is 16.8. The van der Waals surface area contributed by atoms with Gasteiger partial charge in [-0.15, -0.1) is 11.3 Å². The number of rotatable bonds is 7. The minimum absolute atomic E-state index is 0.0255. The number of halogens is 1. The van der Waals surface area contributed by atoms with Crippen LogP contribution in [0, 0.1) is 0 Å². The first-order valence-electron chi connectivity index (χ1n) is 7.38. The molecule has 0 saturated carbocycles. The van der Waals surface area contributed by atoms with Crippen LogP contribution in [-0.2, 0) is 6.42 Å². The maximum absolute atomic E-state index is 12.4. The van der Waals surface area contributed by atoms with Crippen molar-refractivity contribution in [3.63, 3.8) is 0 Å². The molecule has 1 amide bonds. The van der Waals surface area contributed by atoms with E-state index >= 15 is 0 Å². The van der Waals surface area contributed by atoms with E-state index in [4.69, 9.17) is 21.1 Å². The van der Waals surface area contributed by atoms with Crippen molar-refractivity contribution in [1.82, 2.24) is 5.32 Å². The Bertz CT molecular complexity index is 658. The first kappa shape index (κ1) is 17.6. The van der Waals surface area contributed by atoms with Crippen molar-refractivity contribution >= 4 is 28.8 Å². The molecule has 0 aliphatic heterocycles. The van der Waals surface area contributed by atoms with Gasteiger partial charge in [0.1, 0.15) is 0 Å². The molecule has 6 heteroatoms. The third-order valence-electron chi connectivity index (χ3n) is 3.25. The molecule has 2 aromatic rings. The van der Waals surface area contributed by atoms with E-state index in [1.807, 2.05) is 25.3 Å². The fraction of sp³-hybridized carbons (Fsp3) is 0.353. The summed E-state index contributed by atoms with van der Waals surface area (Å²) in [5, 5.41) is 5.37. The minimum Gasteiger partial charge on any atom is -0.493 e. The van der Waals surface area contributed by atoms with E-state index in [9.17, 15) is 4.79 Å². The summed E-state index contributed by atoms with van der Waals surface area (Å²) in [6.07, 6.45) is 0.797. The van der Waals surface area contributed by atoms with Gasteiger partial charge in [-0.25, -0.2) is 0 Å². The summed E-state index contributed by atoms with van der Waals surface area (Å²) >= 11 is 7.89. The van der Waals surface area contributed by atoms with Crippen LogP contribution in [0.3, 0.4) is 0 Å². The van der Waals surface area contributed by atoms with Gasteiger partial charge in [0, 0.05) is 22.9 Å². The lowest BCUT2D eigenvalue weighted by Gasteiger charge is -2.15. The molecule has 0 aliphatic rings. The molecule has 0 radical (unpaired) electrons. The highest BCUT2D eigenvalue weighted by Gasteiger charge is 2.17. The Labute approximate surface area is 145 Å². The van der Waals surface area contributed by atoms with E-state index in [0.717, 1.165) is 6.42 Å². The number of hydrogen-bond donors (Lipinski definition) is 1. The number of benzene rings is 1. The predicted octanol–water partition coefficient (Wildman–Crippen LogP) is 4.17. The normalized spacial score (nSPS) is 11.8. The lowest BCUT2D eigenvalue weighted by Crippen LogP contribution is -2.33. The van der Waals surface area contributed by atoms with E-state index in [-0.39, 0.29) is 11.9 Å². The van der Waals surface area contributed by atoms with E-state index in [2.05, 4.69) is 11.4 Å². The first-order chi connectivity index (χ1) is 11.0. The van der Waals surface area contributed by atoms with Crippen molar-refractivity contribution in [2.75, 3.05) is 13.7 Å². The fourth-order valence-electron chi connectivity index (χ4n) is 2.22. The highest BCUT2D eigenvalue weighted by atomic mass is 35.5. The smallest absolute Gasteiger partial charge is 0.251 e. The second-order valence-corrected chi connectivity index (χ2v) is 6.52. The van der Waals surface area contributed by atoms with Crippen molar-refractivity contribution < 1.29 is 14.3 Å². The van der Waals surface area contributed by atoms with Gasteiger partial charge < -0.3 is 14.8 Å². The summed E-state index contributed by atoms with van der Waals surface area (Å²) in [4.78, 5) is 13.6. The van der Waals surface area contributed by atoms with Gasteiger partial charge in [0.2, 0.25) is 0 Å². The highest BCUT2D eigenvalue weighted by molar-refractivity contribution is 7.09. The largest absolute Gasteiger partial charge is 0.493 e. The Morgan fingerprint density at radius 1 is 1.43 bits per heavy atom. The van der Waals surface area contributed by atoms with E-state index in [0.29, 0.717) is 28.7 Å². The Balaban J connectivity index is 2.11. The number of nitrogens with one attached hydrogen (secondary N) is 1. The first-order valence-corrected chi connectivity index (χ1v) is 8.64. The average molecular weight is 354 g/mol. The molecule has 1 N–H and O–H groups in total. The SMILES string of the molecule is CCOc1c(Cl)cc(C(=O)NC(C)Cc2cccs2)cc1OC. The zero-order valence-electron chi connectivity index (χ0n) is 13.4. The Morgan fingerprint density at radius 2 is 2.22 bits per heavy atom. The quantitative estimate of drug-likeness (QED) is 0.812. The van der Waals surface area contributed by atoms with Crippen LogP contribution in [0.25, 0.3) is 0 Å². The number of methoxy groups -OCH3 is 1. The van der Waals surface area contributed by atoms with Gasteiger partial charge in [-0.2, -0.15) is 0 Å².